The predicted octanol–water partition coefficient (Wildman–Crippen LogP) is 4.53. The molecule has 106 valence electrons. The third kappa shape index (κ3) is 3.94. The zero-order valence-corrected chi connectivity index (χ0v) is 12.7. The van der Waals surface area contributed by atoms with Crippen molar-refractivity contribution in [3.8, 4) is 0 Å². The van der Waals surface area contributed by atoms with Crippen molar-refractivity contribution < 1.29 is 5.11 Å². The zero-order valence-electron chi connectivity index (χ0n) is 12.7. The summed E-state index contributed by atoms with van der Waals surface area (Å²) in [5, 5.41) is 10.4. The van der Waals surface area contributed by atoms with Gasteiger partial charge >= 0.3 is 0 Å². The van der Waals surface area contributed by atoms with Crippen LogP contribution in [0.4, 0.5) is 0 Å². The first-order valence-electron chi connectivity index (χ1n) is 7.42. The summed E-state index contributed by atoms with van der Waals surface area (Å²) >= 11 is 0. The second-order valence-electron chi connectivity index (χ2n) is 5.71. The van der Waals surface area contributed by atoms with Crippen molar-refractivity contribution in [2.75, 3.05) is 0 Å². The summed E-state index contributed by atoms with van der Waals surface area (Å²) in [4.78, 5) is 0. The minimum atomic E-state index is -0.424. The maximum atomic E-state index is 10.4. The highest BCUT2D eigenvalue weighted by molar-refractivity contribution is 5.31. The Morgan fingerprint density at radius 2 is 1.50 bits per heavy atom. The molecule has 0 amide bonds. The maximum Gasteiger partial charge on any atom is 0.0830 e. The monoisotopic (exact) mass is 268 g/mol. The number of hydrogen-bond acceptors (Lipinski definition) is 1. The lowest BCUT2D eigenvalue weighted by molar-refractivity contribution is 0.178. The Bertz CT molecular complexity index is 534. The predicted molar refractivity (Wildman–Crippen MR) is 85.0 cm³/mol. The zero-order chi connectivity index (χ0) is 14.5. The van der Waals surface area contributed by atoms with Crippen LogP contribution in [-0.4, -0.2) is 5.11 Å². The van der Waals surface area contributed by atoms with Crippen molar-refractivity contribution in [1.29, 1.82) is 0 Å². The Morgan fingerprint density at radius 1 is 0.900 bits per heavy atom. The molecule has 2 aromatic rings. The molecule has 0 aliphatic heterocycles. The topological polar surface area (TPSA) is 20.2 Å². The van der Waals surface area contributed by atoms with Crippen molar-refractivity contribution in [3.63, 3.8) is 0 Å². The fourth-order valence-corrected chi connectivity index (χ4v) is 2.72. The molecule has 0 aromatic heterocycles. The Kier molecular flexibility index (Phi) is 4.97. The van der Waals surface area contributed by atoms with Gasteiger partial charge in [0.2, 0.25) is 0 Å². The van der Waals surface area contributed by atoms with Gasteiger partial charge in [0.25, 0.3) is 0 Å². The van der Waals surface area contributed by atoms with Crippen LogP contribution in [0.15, 0.2) is 42.5 Å². The first kappa shape index (κ1) is 14.8. The molecular formula is C19H24O. The summed E-state index contributed by atoms with van der Waals surface area (Å²) in [7, 11) is 0. The van der Waals surface area contributed by atoms with E-state index in [9.17, 15) is 5.11 Å². The summed E-state index contributed by atoms with van der Waals surface area (Å²) in [5.41, 5.74) is 6.06. The van der Waals surface area contributed by atoms with Gasteiger partial charge in [0.1, 0.15) is 0 Å². The molecule has 1 N–H and O–H groups in total. The van der Waals surface area contributed by atoms with Gasteiger partial charge in [-0.3, -0.25) is 0 Å². The molecule has 20 heavy (non-hydrogen) atoms. The van der Waals surface area contributed by atoms with Crippen LogP contribution in [-0.2, 0) is 12.8 Å². The lowest BCUT2D eigenvalue weighted by atomic mass is 9.97. The molecule has 0 aliphatic rings. The molecule has 0 fully saturated rings. The van der Waals surface area contributed by atoms with Crippen LogP contribution in [0.3, 0.4) is 0 Å². The van der Waals surface area contributed by atoms with E-state index < -0.39 is 6.10 Å². The van der Waals surface area contributed by atoms with Crippen LogP contribution < -0.4 is 0 Å². The summed E-state index contributed by atoms with van der Waals surface area (Å²) in [6, 6.07) is 14.8. The third-order valence-electron chi connectivity index (χ3n) is 3.61. The van der Waals surface area contributed by atoms with E-state index in [0.29, 0.717) is 6.42 Å². The molecule has 0 spiro atoms. The van der Waals surface area contributed by atoms with Gasteiger partial charge in [0, 0.05) is 6.42 Å². The van der Waals surface area contributed by atoms with Gasteiger partial charge in [0.15, 0.2) is 0 Å². The van der Waals surface area contributed by atoms with Gasteiger partial charge in [0.05, 0.1) is 6.10 Å². The van der Waals surface area contributed by atoms with Crippen molar-refractivity contribution >= 4 is 0 Å². The third-order valence-corrected chi connectivity index (χ3v) is 3.61. The Morgan fingerprint density at radius 3 is 2.05 bits per heavy atom. The highest BCUT2D eigenvalue weighted by Gasteiger charge is 2.09. The summed E-state index contributed by atoms with van der Waals surface area (Å²) in [6.45, 7) is 6.38. The first-order chi connectivity index (χ1) is 9.58. The molecule has 2 rings (SSSR count). The van der Waals surface area contributed by atoms with E-state index in [1.807, 2.05) is 0 Å². The smallest absolute Gasteiger partial charge is 0.0830 e. The highest BCUT2D eigenvalue weighted by atomic mass is 16.3. The Labute approximate surface area is 122 Å². The fourth-order valence-electron chi connectivity index (χ4n) is 2.72. The van der Waals surface area contributed by atoms with E-state index in [1.165, 1.54) is 22.3 Å². The normalized spacial score (nSPS) is 12.4. The van der Waals surface area contributed by atoms with Crippen LogP contribution >= 0.6 is 0 Å². The standard InChI is InChI=1S/C19H24O/c1-4-5-16-6-8-18(9-7-16)19(20)13-17-11-14(2)10-15(3)12-17/h6-12,19-20H,4-5,13H2,1-3H3. The van der Waals surface area contributed by atoms with Gasteiger partial charge < -0.3 is 5.11 Å². The average Bonchev–Trinajstić information content (AvgIpc) is 2.38. The van der Waals surface area contributed by atoms with Gasteiger partial charge in [-0.05, 0) is 37.0 Å². The first-order valence-corrected chi connectivity index (χ1v) is 7.42. The van der Waals surface area contributed by atoms with Gasteiger partial charge in [-0.25, -0.2) is 0 Å². The second kappa shape index (κ2) is 6.71. The molecule has 0 bridgehead atoms. The van der Waals surface area contributed by atoms with E-state index in [2.05, 4.69) is 63.2 Å². The van der Waals surface area contributed by atoms with Crippen molar-refractivity contribution in [1.82, 2.24) is 0 Å². The summed E-state index contributed by atoms with van der Waals surface area (Å²) < 4.78 is 0. The fraction of sp³-hybridized carbons (Fsp3) is 0.368. The summed E-state index contributed by atoms with van der Waals surface area (Å²) in [6.07, 6.45) is 2.51. The minimum absolute atomic E-state index is 0.424. The average molecular weight is 268 g/mol. The van der Waals surface area contributed by atoms with Crippen LogP contribution in [0.2, 0.25) is 0 Å². The van der Waals surface area contributed by atoms with Crippen molar-refractivity contribution in [3.05, 3.63) is 70.3 Å². The van der Waals surface area contributed by atoms with E-state index in [-0.39, 0.29) is 0 Å². The molecule has 0 saturated carbocycles. The van der Waals surface area contributed by atoms with Gasteiger partial charge in [-0.1, -0.05) is 66.9 Å². The van der Waals surface area contributed by atoms with E-state index in [1.54, 1.807) is 0 Å². The molecule has 1 nitrogen and oxygen atoms in total. The molecule has 1 unspecified atom stereocenters. The van der Waals surface area contributed by atoms with Crippen molar-refractivity contribution in [2.24, 2.45) is 0 Å². The van der Waals surface area contributed by atoms with Crippen molar-refractivity contribution in [2.45, 2.75) is 46.1 Å². The van der Waals surface area contributed by atoms with Crippen LogP contribution in [0.5, 0.6) is 0 Å². The number of benzene rings is 2. The second-order valence-corrected chi connectivity index (χ2v) is 5.71. The van der Waals surface area contributed by atoms with Crippen LogP contribution in [0, 0.1) is 13.8 Å². The maximum absolute atomic E-state index is 10.4. The SMILES string of the molecule is CCCc1ccc(C(O)Cc2cc(C)cc(C)c2)cc1. The molecule has 1 atom stereocenters. The highest BCUT2D eigenvalue weighted by Crippen LogP contribution is 2.20. The van der Waals surface area contributed by atoms with E-state index >= 15 is 0 Å². The molecule has 0 aliphatic carbocycles. The molecule has 0 radical (unpaired) electrons. The number of rotatable bonds is 5. The Balaban J connectivity index is 2.08. The van der Waals surface area contributed by atoms with Gasteiger partial charge in [-0.2, -0.15) is 0 Å². The largest absolute Gasteiger partial charge is 0.388 e. The Hall–Kier alpha value is -1.60. The number of hydrogen-bond donors (Lipinski definition) is 1. The lowest BCUT2D eigenvalue weighted by Gasteiger charge is -2.13. The molecule has 0 heterocycles. The van der Waals surface area contributed by atoms with Gasteiger partial charge in [-0.15, -0.1) is 0 Å². The van der Waals surface area contributed by atoms with E-state index in [0.717, 1.165) is 18.4 Å². The minimum Gasteiger partial charge on any atom is -0.388 e. The molecular weight excluding hydrogens is 244 g/mol. The molecule has 1 heteroatoms. The quantitative estimate of drug-likeness (QED) is 0.844. The summed E-state index contributed by atoms with van der Waals surface area (Å²) in [5.74, 6) is 0. The number of aliphatic hydroxyl groups excluding tert-OH is 1. The molecule has 0 saturated heterocycles. The number of aliphatic hydroxyl groups is 1. The van der Waals surface area contributed by atoms with E-state index in [4.69, 9.17) is 0 Å². The van der Waals surface area contributed by atoms with Crippen LogP contribution in [0.25, 0.3) is 0 Å². The molecule has 2 aromatic carbocycles. The van der Waals surface area contributed by atoms with Crippen LogP contribution in [0.1, 0.15) is 47.3 Å². The lowest BCUT2D eigenvalue weighted by Crippen LogP contribution is -2.02. The number of aryl methyl sites for hydroxylation is 3.